The van der Waals surface area contributed by atoms with Gasteiger partial charge in [0.25, 0.3) is 0 Å². The van der Waals surface area contributed by atoms with Crippen LogP contribution in [0.3, 0.4) is 0 Å². The molecule has 0 aliphatic heterocycles. The van der Waals surface area contributed by atoms with Gasteiger partial charge in [0.2, 0.25) is 0 Å². The van der Waals surface area contributed by atoms with Gasteiger partial charge in [-0.2, -0.15) is 0 Å². The van der Waals surface area contributed by atoms with Crippen molar-refractivity contribution in [1.29, 1.82) is 0 Å². The third kappa shape index (κ3) is 0.736. The van der Waals surface area contributed by atoms with Gasteiger partial charge in [-0.25, -0.2) is 0 Å². The van der Waals surface area contributed by atoms with Crippen LogP contribution >= 0.6 is 0 Å². The first-order valence-corrected chi connectivity index (χ1v) is 4.99. The van der Waals surface area contributed by atoms with Crippen LogP contribution in [0.4, 0.5) is 11.4 Å². The van der Waals surface area contributed by atoms with E-state index in [-0.39, 0.29) is 0 Å². The summed E-state index contributed by atoms with van der Waals surface area (Å²) in [5, 5.41) is 0. The van der Waals surface area contributed by atoms with Crippen molar-refractivity contribution in [1.82, 2.24) is 0 Å². The van der Waals surface area contributed by atoms with Gasteiger partial charge in [0.05, 0.1) is 0 Å². The second kappa shape index (κ2) is 2.19. The fraction of sp³-hybridized carbons (Fsp3) is 0.455. The minimum atomic E-state index is 0.998. The number of nitrogens with two attached hydrogens (primary N) is 2. The average molecular weight is 174 g/mol. The highest BCUT2D eigenvalue weighted by molar-refractivity contribution is 5.76. The lowest BCUT2D eigenvalue weighted by molar-refractivity contribution is 0.898. The van der Waals surface area contributed by atoms with Crippen molar-refractivity contribution in [3.05, 3.63) is 22.3 Å². The molecule has 0 aromatic heterocycles. The molecule has 0 saturated heterocycles. The molecule has 0 saturated carbocycles. The first kappa shape index (κ1) is 7.25. The van der Waals surface area contributed by atoms with Crippen LogP contribution in [0.15, 0.2) is 0 Å². The molecule has 13 heavy (non-hydrogen) atoms. The number of rotatable bonds is 0. The Labute approximate surface area is 77.9 Å². The molecule has 0 radical (unpaired) electrons. The highest BCUT2D eigenvalue weighted by atomic mass is 14.7. The minimum Gasteiger partial charge on any atom is -0.398 e. The third-order valence-corrected chi connectivity index (χ3v) is 3.51. The zero-order chi connectivity index (χ0) is 9.00. The van der Waals surface area contributed by atoms with Crippen LogP contribution in [0, 0.1) is 0 Å². The van der Waals surface area contributed by atoms with Crippen LogP contribution < -0.4 is 11.5 Å². The summed E-state index contributed by atoms with van der Waals surface area (Å²) in [6.07, 6.45) is 5.82. The zero-order valence-electron chi connectivity index (χ0n) is 7.69. The van der Waals surface area contributed by atoms with E-state index in [1.165, 1.54) is 41.5 Å². The summed E-state index contributed by atoms with van der Waals surface area (Å²) in [6, 6.07) is 0. The maximum atomic E-state index is 6.10. The highest BCUT2D eigenvalue weighted by Gasteiger charge is 2.27. The Bertz CT molecular complexity index is 394. The van der Waals surface area contributed by atoms with Gasteiger partial charge in [-0.15, -0.1) is 0 Å². The van der Waals surface area contributed by atoms with E-state index in [9.17, 15) is 0 Å². The number of nitrogen functional groups attached to an aromatic ring is 2. The van der Waals surface area contributed by atoms with Crippen LogP contribution in [0.1, 0.15) is 28.7 Å². The fourth-order valence-electron chi connectivity index (χ4n) is 2.85. The van der Waals surface area contributed by atoms with Crippen LogP contribution in [0.5, 0.6) is 0 Å². The van der Waals surface area contributed by atoms with Crippen molar-refractivity contribution >= 4 is 11.4 Å². The molecule has 68 valence electrons. The zero-order valence-corrected chi connectivity index (χ0v) is 7.69. The summed E-state index contributed by atoms with van der Waals surface area (Å²) in [6.45, 7) is 0. The van der Waals surface area contributed by atoms with E-state index in [1.54, 1.807) is 0 Å². The average Bonchev–Trinajstić information content (AvgIpc) is 2.66. The maximum Gasteiger partial charge on any atom is 0.0403 e. The molecule has 0 atom stereocenters. The molecule has 0 fully saturated rings. The Hall–Kier alpha value is -1.18. The summed E-state index contributed by atoms with van der Waals surface area (Å²) in [4.78, 5) is 0. The molecule has 0 heterocycles. The molecule has 2 aliphatic rings. The third-order valence-electron chi connectivity index (χ3n) is 3.51. The smallest absolute Gasteiger partial charge is 0.0403 e. The number of benzene rings is 1. The molecule has 1 aromatic rings. The quantitative estimate of drug-likeness (QED) is 0.462. The maximum absolute atomic E-state index is 6.10. The Morgan fingerprint density at radius 2 is 1.15 bits per heavy atom. The lowest BCUT2D eigenvalue weighted by Gasteiger charge is -2.10. The van der Waals surface area contributed by atoms with Crippen LogP contribution in [0.2, 0.25) is 0 Å². The molecular weight excluding hydrogens is 160 g/mol. The van der Waals surface area contributed by atoms with Gasteiger partial charge in [-0.1, -0.05) is 0 Å². The first-order chi connectivity index (χ1) is 6.29. The van der Waals surface area contributed by atoms with Gasteiger partial charge < -0.3 is 11.5 Å². The van der Waals surface area contributed by atoms with Gasteiger partial charge in [-0.05, 0) is 54.4 Å². The molecule has 0 amide bonds. The van der Waals surface area contributed by atoms with Crippen molar-refractivity contribution in [2.75, 3.05) is 11.5 Å². The van der Waals surface area contributed by atoms with Gasteiger partial charge in [0, 0.05) is 11.4 Å². The summed E-state index contributed by atoms with van der Waals surface area (Å²) in [5.74, 6) is 0. The predicted molar refractivity (Wildman–Crippen MR) is 54.7 cm³/mol. The SMILES string of the molecule is Nc1c2c(N)c(c3c1CCC3)CC2. The summed E-state index contributed by atoms with van der Waals surface area (Å²) in [5.41, 5.74) is 19.7. The van der Waals surface area contributed by atoms with Gasteiger partial charge in [-0.3, -0.25) is 0 Å². The molecule has 1 aromatic carbocycles. The fourth-order valence-corrected chi connectivity index (χ4v) is 2.85. The van der Waals surface area contributed by atoms with Crippen molar-refractivity contribution in [2.24, 2.45) is 0 Å². The molecule has 4 N–H and O–H groups in total. The van der Waals surface area contributed by atoms with E-state index in [4.69, 9.17) is 11.5 Å². The Kier molecular flexibility index (Phi) is 1.22. The molecule has 2 nitrogen and oxygen atoms in total. The largest absolute Gasteiger partial charge is 0.398 e. The Morgan fingerprint density at radius 3 is 1.92 bits per heavy atom. The lowest BCUT2D eigenvalue weighted by Crippen LogP contribution is -2.02. The van der Waals surface area contributed by atoms with Gasteiger partial charge >= 0.3 is 0 Å². The van der Waals surface area contributed by atoms with E-state index in [0.29, 0.717) is 0 Å². The molecule has 0 unspecified atom stereocenters. The standard InChI is InChI=1S/C11H14N2/c12-10-7-3-1-2-6(7)8-4-5-9(10)11(8)13/h1-5,12-13H2. The summed E-state index contributed by atoms with van der Waals surface area (Å²) >= 11 is 0. The molecule has 2 heteroatoms. The number of hydrogen-bond acceptors (Lipinski definition) is 2. The normalized spacial score (nSPS) is 17.8. The molecule has 2 aliphatic carbocycles. The van der Waals surface area contributed by atoms with Crippen molar-refractivity contribution in [3.63, 3.8) is 0 Å². The van der Waals surface area contributed by atoms with Crippen LogP contribution in [-0.2, 0) is 25.7 Å². The topological polar surface area (TPSA) is 52.0 Å². The van der Waals surface area contributed by atoms with E-state index in [2.05, 4.69) is 0 Å². The van der Waals surface area contributed by atoms with E-state index >= 15 is 0 Å². The summed E-state index contributed by atoms with van der Waals surface area (Å²) < 4.78 is 0. The second-order valence-electron chi connectivity index (χ2n) is 4.10. The first-order valence-electron chi connectivity index (χ1n) is 4.99. The van der Waals surface area contributed by atoms with Crippen LogP contribution in [0.25, 0.3) is 0 Å². The van der Waals surface area contributed by atoms with Gasteiger partial charge in [0.15, 0.2) is 0 Å². The van der Waals surface area contributed by atoms with Crippen LogP contribution in [-0.4, -0.2) is 0 Å². The lowest BCUT2D eigenvalue weighted by atomic mass is 10.0. The summed E-state index contributed by atoms with van der Waals surface area (Å²) in [7, 11) is 0. The second-order valence-corrected chi connectivity index (χ2v) is 4.10. The number of fused-ring (bicyclic) bond motifs is 4. The van der Waals surface area contributed by atoms with E-state index < -0.39 is 0 Å². The highest BCUT2D eigenvalue weighted by Crippen LogP contribution is 2.42. The van der Waals surface area contributed by atoms with E-state index in [0.717, 1.165) is 24.2 Å². The monoisotopic (exact) mass is 174 g/mol. The number of hydrogen-bond donors (Lipinski definition) is 2. The van der Waals surface area contributed by atoms with E-state index in [1.807, 2.05) is 0 Å². The molecule has 2 bridgehead atoms. The number of anilines is 2. The molecule has 3 rings (SSSR count). The molecular formula is C11H14N2. The van der Waals surface area contributed by atoms with Crippen molar-refractivity contribution in [3.8, 4) is 0 Å². The Balaban J connectivity index is 2.39. The van der Waals surface area contributed by atoms with Crippen molar-refractivity contribution in [2.45, 2.75) is 32.1 Å². The predicted octanol–water partition coefficient (Wildman–Crippen LogP) is 1.44. The van der Waals surface area contributed by atoms with Crippen molar-refractivity contribution < 1.29 is 0 Å². The minimum absolute atomic E-state index is 0.998. The Morgan fingerprint density at radius 1 is 0.615 bits per heavy atom. The van der Waals surface area contributed by atoms with Gasteiger partial charge in [0.1, 0.15) is 0 Å². The molecule has 0 spiro atoms.